The summed E-state index contributed by atoms with van der Waals surface area (Å²) < 4.78 is 0. The molecule has 0 bridgehead atoms. The number of carbonyl (C=O) groups is 1. The number of para-hydroxylation sites is 1. The van der Waals surface area contributed by atoms with Crippen molar-refractivity contribution in [2.75, 3.05) is 0 Å². The van der Waals surface area contributed by atoms with Gasteiger partial charge < -0.3 is 10.3 Å². The molecular weight excluding hydrogens is 322 g/mol. The van der Waals surface area contributed by atoms with Crippen LogP contribution in [0.2, 0.25) is 0 Å². The van der Waals surface area contributed by atoms with Gasteiger partial charge in [-0.2, -0.15) is 0 Å². The number of aromatic nitrogens is 2. The van der Waals surface area contributed by atoms with Gasteiger partial charge in [-0.25, -0.2) is 0 Å². The fourth-order valence-electron chi connectivity index (χ4n) is 3.76. The zero-order chi connectivity index (χ0) is 18.9. The molecule has 0 saturated heterocycles. The van der Waals surface area contributed by atoms with Gasteiger partial charge in [0.25, 0.3) is 0 Å². The van der Waals surface area contributed by atoms with E-state index in [4.69, 9.17) is 0 Å². The molecule has 0 saturated carbocycles. The third kappa shape index (κ3) is 4.31. The minimum absolute atomic E-state index is 0.0972. The summed E-state index contributed by atoms with van der Waals surface area (Å²) in [6.45, 7) is 10.6. The Morgan fingerprint density at radius 3 is 2.58 bits per heavy atom. The van der Waals surface area contributed by atoms with E-state index in [2.05, 4.69) is 62.0 Å². The van der Waals surface area contributed by atoms with Gasteiger partial charge in [0.15, 0.2) is 0 Å². The van der Waals surface area contributed by atoms with E-state index < -0.39 is 0 Å². The van der Waals surface area contributed by atoms with Crippen LogP contribution in [0.1, 0.15) is 46.7 Å². The van der Waals surface area contributed by atoms with E-state index in [-0.39, 0.29) is 16.9 Å². The lowest BCUT2D eigenvalue weighted by Crippen LogP contribution is -2.45. The molecule has 4 nitrogen and oxygen atoms in total. The molecular formula is C22H27N3O. The number of hydrogen-bond donors (Lipinski definition) is 2. The molecule has 0 fully saturated rings. The molecule has 136 valence electrons. The minimum Gasteiger partial charge on any atom is -0.353 e. The zero-order valence-corrected chi connectivity index (χ0v) is 16.2. The zero-order valence-electron chi connectivity index (χ0n) is 16.2. The predicted molar refractivity (Wildman–Crippen MR) is 109 cm³/mol. The molecule has 0 unspecified atom stereocenters. The molecule has 1 aromatic carbocycles. The van der Waals surface area contributed by atoms with Crippen molar-refractivity contribution in [3.05, 3.63) is 48.3 Å². The highest BCUT2D eigenvalue weighted by atomic mass is 16.1. The first-order chi connectivity index (χ1) is 12.1. The summed E-state index contributed by atoms with van der Waals surface area (Å²) in [7, 11) is 0. The number of fused-ring (bicyclic) bond motifs is 3. The van der Waals surface area contributed by atoms with Crippen LogP contribution in [-0.4, -0.2) is 21.4 Å². The average Bonchev–Trinajstić information content (AvgIpc) is 2.88. The van der Waals surface area contributed by atoms with Crippen molar-refractivity contribution in [3.8, 4) is 0 Å². The summed E-state index contributed by atoms with van der Waals surface area (Å²) in [5.41, 5.74) is 2.76. The molecule has 0 spiro atoms. The number of H-pyrrole nitrogens is 1. The number of hydrogen-bond acceptors (Lipinski definition) is 2. The summed E-state index contributed by atoms with van der Waals surface area (Å²) >= 11 is 0. The van der Waals surface area contributed by atoms with E-state index in [0.29, 0.717) is 0 Å². The molecule has 0 aliphatic rings. The highest BCUT2D eigenvalue weighted by Crippen LogP contribution is 2.27. The van der Waals surface area contributed by atoms with Gasteiger partial charge >= 0.3 is 0 Å². The lowest BCUT2D eigenvalue weighted by molar-refractivity contribution is -0.118. The quantitative estimate of drug-likeness (QED) is 0.647. The Morgan fingerprint density at radius 1 is 1.12 bits per heavy atom. The van der Waals surface area contributed by atoms with E-state index >= 15 is 0 Å². The summed E-state index contributed by atoms with van der Waals surface area (Å²) in [5.74, 6) is -0.0972. The number of amides is 1. The standard InChI is InChI=1S/C22H27N3O/c1-21(2,3)14-22(4,5)25-20(26)11-10-15-12-17-16-8-6-7-9-18(16)24-19(17)13-23-15/h6-13,24H,14H2,1-5H3,(H,25,26)/b11-10+. The molecule has 0 radical (unpaired) electrons. The minimum atomic E-state index is -0.256. The number of rotatable bonds is 4. The van der Waals surface area contributed by atoms with Crippen LogP contribution in [0.3, 0.4) is 0 Å². The Labute approximate surface area is 154 Å². The van der Waals surface area contributed by atoms with Crippen molar-refractivity contribution >= 4 is 33.8 Å². The first kappa shape index (κ1) is 18.2. The summed E-state index contributed by atoms with van der Waals surface area (Å²) in [6, 6.07) is 10.2. The first-order valence-electron chi connectivity index (χ1n) is 9.00. The van der Waals surface area contributed by atoms with E-state index in [0.717, 1.165) is 33.9 Å². The third-order valence-corrected chi connectivity index (χ3v) is 4.25. The monoisotopic (exact) mass is 349 g/mol. The lowest BCUT2D eigenvalue weighted by Gasteiger charge is -2.32. The Bertz CT molecular complexity index is 974. The Kier molecular flexibility index (Phi) is 4.61. The highest BCUT2D eigenvalue weighted by Gasteiger charge is 2.26. The molecule has 3 aromatic rings. The van der Waals surface area contributed by atoms with Crippen molar-refractivity contribution in [1.29, 1.82) is 0 Å². The second-order valence-electron chi connectivity index (χ2n) is 8.77. The highest BCUT2D eigenvalue weighted by molar-refractivity contribution is 6.07. The van der Waals surface area contributed by atoms with Crippen LogP contribution in [0.4, 0.5) is 0 Å². The maximum absolute atomic E-state index is 12.3. The van der Waals surface area contributed by atoms with Crippen LogP contribution in [0.5, 0.6) is 0 Å². The van der Waals surface area contributed by atoms with Gasteiger partial charge in [-0.1, -0.05) is 39.0 Å². The van der Waals surface area contributed by atoms with Crippen LogP contribution in [0, 0.1) is 5.41 Å². The molecule has 2 aromatic heterocycles. The Morgan fingerprint density at radius 2 is 1.85 bits per heavy atom. The number of nitrogens with zero attached hydrogens (tertiary/aromatic N) is 1. The summed E-state index contributed by atoms with van der Waals surface area (Å²) in [4.78, 5) is 20.1. The van der Waals surface area contributed by atoms with Gasteiger partial charge in [0.1, 0.15) is 0 Å². The predicted octanol–water partition coefficient (Wildman–Crippen LogP) is 5.06. The average molecular weight is 349 g/mol. The maximum Gasteiger partial charge on any atom is 0.244 e. The maximum atomic E-state index is 12.3. The summed E-state index contributed by atoms with van der Waals surface area (Å²) in [6.07, 6.45) is 6.05. The summed E-state index contributed by atoms with van der Waals surface area (Å²) in [5, 5.41) is 5.36. The topological polar surface area (TPSA) is 57.8 Å². The molecule has 26 heavy (non-hydrogen) atoms. The molecule has 1 amide bonds. The van der Waals surface area contributed by atoms with E-state index in [1.807, 2.05) is 24.4 Å². The number of aromatic amines is 1. The lowest BCUT2D eigenvalue weighted by atomic mass is 9.82. The van der Waals surface area contributed by atoms with Crippen molar-refractivity contribution < 1.29 is 4.79 Å². The molecule has 0 aliphatic carbocycles. The van der Waals surface area contributed by atoms with Crippen LogP contribution >= 0.6 is 0 Å². The first-order valence-corrected chi connectivity index (χ1v) is 9.00. The van der Waals surface area contributed by atoms with Crippen LogP contribution < -0.4 is 5.32 Å². The Balaban J connectivity index is 1.77. The molecule has 3 rings (SSSR count). The normalized spacial score (nSPS) is 13.0. The van der Waals surface area contributed by atoms with Crippen molar-refractivity contribution in [2.24, 2.45) is 5.41 Å². The molecule has 4 heteroatoms. The number of benzene rings is 1. The number of pyridine rings is 1. The fraction of sp³-hybridized carbons (Fsp3) is 0.364. The second kappa shape index (κ2) is 6.60. The number of carbonyl (C=O) groups excluding carboxylic acids is 1. The smallest absolute Gasteiger partial charge is 0.244 e. The van der Waals surface area contributed by atoms with E-state index in [9.17, 15) is 4.79 Å². The molecule has 0 aliphatic heterocycles. The van der Waals surface area contributed by atoms with Gasteiger partial charge in [-0.15, -0.1) is 0 Å². The van der Waals surface area contributed by atoms with Gasteiger partial charge in [0.05, 0.1) is 17.4 Å². The third-order valence-electron chi connectivity index (χ3n) is 4.25. The Hall–Kier alpha value is -2.62. The molecule has 0 atom stereocenters. The number of nitrogens with one attached hydrogen (secondary N) is 2. The van der Waals surface area contributed by atoms with Gasteiger partial charge in [-0.05, 0) is 43.9 Å². The van der Waals surface area contributed by atoms with Gasteiger partial charge in [0, 0.05) is 27.9 Å². The van der Waals surface area contributed by atoms with E-state index in [1.54, 1.807) is 12.2 Å². The van der Waals surface area contributed by atoms with Crippen LogP contribution in [0.25, 0.3) is 27.9 Å². The SMILES string of the molecule is CC(C)(C)CC(C)(C)NC(=O)/C=C/c1cc2c(cn1)[nH]c1ccccc12. The second-order valence-corrected chi connectivity index (χ2v) is 8.77. The van der Waals surface area contributed by atoms with Crippen LogP contribution in [-0.2, 0) is 4.79 Å². The van der Waals surface area contributed by atoms with Crippen molar-refractivity contribution in [2.45, 2.75) is 46.6 Å². The van der Waals surface area contributed by atoms with Crippen molar-refractivity contribution in [1.82, 2.24) is 15.3 Å². The molecule has 2 heterocycles. The van der Waals surface area contributed by atoms with E-state index in [1.165, 1.54) is 0 Å². The molecule has 2 N–H and O–H groups in total. The van der Waals surface area contributed by atoms with Gasteiger partial charge in [0.2, 0.25) is 5.91 Å². The van der Waals surface area contributed by atoms with Crippen molar-refractivity contribution in [3.63, 3.8) is 0 Å². The van der Waals surface area contributed by atoms with Gasteiger partial charge in [-0.3, -0.25) is 9.78 Å². The fourth-order valence-corrected chi connectivity index (χ4v) is 3.76. The van der Waals surface area contributed by atoms with Crippen LogP contribution in [0.15, 0.2) is 42.6 Å². The largest absolute Gasteiger partial charge is 0.353 e.